The Balaban J connectivity index is 2.12. The fourth-order valence-electron chi connectivity index (χ4n) is 5.41. The van der Waals surface area contributed by atoms with Crippen LogP contribution < -0.4 is 10.6 Å². The van der Waals surface area contributed by atoms with Gasteiger partial charge in [-0.05, 0) is 76.8 Å². The van der Waals surface area contributed by atoms with Gasteiger partial charge in [0.25, 0.3) is 0 Å². The Morgan fingerprint density at radius 2 is 1.22 bits per heavy atom. The van der Waals surface area contributed by atoms with Crippen molar-refractivity contribution >= 4 is 50.8 Å². The lowest BCUT2D eigenvalue weighted by Crippen LogP contribution is -2.29. The van der Waals surface area contributed by atoms with Crippen molar-refractivity contribution in [2.75, 3.05) is 89.3 Å². The summed E-state index contributed by atoms with van der Waals surface area (Å²) in [5.41, 5.74) is 1.16. The highest BCUT2D eigenvalue weighted by molar-refractivity contribution is 7.91. The van der Waals surface area contributed by atoms with E-state index in [0.29, 0.717) is 69.2 Å². The van der Waals surface area contributed by atoms with E-state index < -0.39 is 9.84 Å². The minimum absolute atomic E-state index is 0.0130. The molecule has 1 heterocycles. The average molecular weight is 848 g/mol. The number of aromatic nitrogens is 1. The molecule has 19 heteroatoms. The fourth-order valence-corrected chi connectivity index (χ4v) is 6.75. The van der Waals surface area contributed by atoms with Gasteiger partial charge in [-0.1, -0.05) is 19.3 Å². The first-order valence-corrected chi connectivity index (χ1v) is 21.8. The van der Waals surface area contributed by atoms with Crippen LogP contribution in [-0.4, -0.2) is 130 Å². The number of carbonyl (C=O) groups excluding carboxylic acids is 3. The molecular weight excluding hydrogens is 787 g/mol. The Morgan fingerprint density at radius 1 is 0.729 bits per heavy atom. The number of azo groups is 1. The number of ether oxygens (including phenoxy) is 3. The molecule has 0 spiro atoms. The SMILES string of the molecule is Cc1c(C#N)c(NCCOC(=O)CCCCCO)nc(NCCOC(=O)CCCCCO)c1/N=N/c1ccc(S(=O)(=O)CCN(C)CCOC(=O)CCCCCO)cc1. The summed E-state index contributed by atoms with van der Waals surface area (Å²) in [5, 5.41) is 51.6. The minimum atomic E-state index is -3.66. The molecule has 0 saturated carbocycles. The van der Waals surface area contributed by atoms with Gasteiger partial charge in [-0.15, -0.1) is 5.11 Å². The third kappa shape index (κ3) is 20.7. The topological polar surface area (TPSA) is 262 Å². The van der Waals surface area contributed by atoms with Crippen LogP contribution in [0.5, 0.6) is 0 Å². The summed E-state index contributed by atoms with van der Waals surface area (Å²) in [6, 6.07) is 8.01. The average Bonchev–Trinajstić information content (AvgIpc) is 3.22. The Labute approximate surface area is 347 Å². The zero-order valence-corrected chi connectivity index (χ0v) is 35.1. The Hall–Kier alpha value is -4.74. The van der Waals surface area contributed by atoms with Crippen molar-refractivity contribution in [2.24, 2.45) is 10.2 Å². The Morgan fingerprint density at radius 3 is 1.71 bits per heavy atom. The number of aliphatic hydroxyl groups excluding tert-OH is 3. The molecule has 0 aliphatic rings. The molecular formula is C40H61N7O11S. The van der Waals surface area contributed by atoms with Crippen molar-refractivity contribution in [3.05, 3.63) is 35.4 Å². The fraction of sp³-hybridized carbons (Fsp3) is 0.625. The lowest BCUT2D eigenvalue weighted by molar-refractivity contribution is -0.144. The molecule has 0 aliphatic carbocycles. The molecule has 0 saturated heterocycles. The summed E-state index contributed by atoms with van der Waals surface area (Å²) >= 11 is 0. The number of nitrogens with one attached hydrogen (secondary N) is 2. The Bertz CT molecular complexity index is 1750. The second-order valence-corrected chi connectivity index (χ2v) is 15.8. The predicted octanol–water partition coefficient (Wildman–Crippen LogP) is 4.49. The number of rotatable bonds is 32. The molecule has 0 amide bonds. The lowest BCUT2D eigenvalue weighted by Gasteiger charge is -2.16. The normalized spacial score (nSPS) is 11.4. The van der Waals surface area contributed by atoms with Gasteiger partial charge in [0.1, 0.15) is 37.4 Å². The molecule has 0 unspecified atom stereocenters. The van der Waals surface area contributed by atoms with Crippen LogP contribution in [0.25, 0.3) is 0 Å². The summed E-state index contributed by atoms with van der Waals surface area (Å²) in [6.45, 7) is 2.96. The van der Waals surface area contributed by atoms with Crippen LogP contribution in [0.2, 0.25) is 0 Å². The summed E-state index contributed by atoms with van der Waals surface area (Å²) in [6.07, 6.45) is 6.60. The maximum absolute atomic E-state index is 13.1. The molecule has 0 aliphatic heterocycles. The number of hydrogen-bond donors (Lipinski definition) is 5. The van der Waals surface area contributed by atoms with Gasteiger partial charge < -0.3 is 45.1 Å². The number of nitrogens with zero attached hydrogens (tertiary/aromatic N) is 5. The number of likely N-dealkylation sites (N-methyl/N-ethyl adjacent to an activating group) is 1. The standard InChI is InChI=1S/C40H61N7O11S/c1-31-34(30-41)39(42-19-26-56-35(51)12-6-3-9-23-48)44-40(43-20-27-57-36(52)13-7-4-10-24-49)38(31)46-45-32-15-17-33(18-16-32)59(54,55)29-22-47(2)21-28-58-37(53)14-8-5-11-25-50/h15-18,48-50H,3-14,19-29H2,1-2H3,(H2,42,43,44)/b46-45+. The van der Waals surface area contributed by atoms with Gasteiger partial charge in [0, 0.05) is 57.7 Å². The Kier molecular flexibility index (Phi) is 25.2. The van der Waals surface area contributed by atoms with E-state index in [1.807, 2.05) is 0 Å². The van der Waals surface area contributed by atoms with Crippen molar-refractivity contribution in [1.29, 1.82) is 5.26 Å². The molecule has 0 atom stereocenters. The van der Waals surface area contributed by atoms with E-state index in [1.54, 1.807) is 18.9 Å². The smallest absolute Gasteiger partial charge is 0.305 e. The summed E-state index contributed by atoms with van der Waals surface area (Å²) in [4.78, 5) is 42.5. The molecule has 2 rings (SSSR count). The van der Waals surface area contributed by atoms with Crippen LogP contribution in [0.1, 0.15) is 88.2 Å². The van der Waals surface area contributed by atoms with Crippen molar-refractivity contribution in [1.82, 2.24) is 9.88 Å². The molecule has 18 nitrogen and oxygen atoms in total. The van der Waals surface area contributed by atoms with Crippen molar-refractivity contribution < 1.29 is 52.3 Å². The van der Waals surface area contributed by atoms with E-state index >= 15 is 0 Å². The van der Waals surface area contributed by atoms with Gasteiger partial charge in [-0.2, -0.15) is 10.4 Å². The van der Waals surface area contributed by atoms with Gasteiger partial charge >= 0.3 is 17.9 Å². The first-order chi connectivity index (χ1) is 28.4. The highest BCUT2D eigenvalue weighted by Crippen LogP contribution is 2.35. The molecule has 1 aromatic carbocycles. The third-order valence-corrected chi connectivity index (χ3v) is 10.6. The van der Waals surface area contributed by atoms with Crippen LogP contribution in [0.15, 0.2) is 39.4 Å². The first-order valence-electron chi connectivity index (χ1n) is 20.1. The molecule has 5 N–H and O–H groups in total. The van der Waals surface area contributed by atoms with Gasteiger partial charge in [-0.25, -0.2) is 13.4 Å². The van der Waals surface area contributed by atoms with E-state index in [0.717, 1.165) is 6.42 Å². The van der Waals surface area contributed by atoms with Crippen LogP contribution >= 0.6 is 0 Å². The van der Waals surface area contributed by atoms with Crippen LogP contribution in [0.3, 0.4) is 0 Å². The zero-order chi connectivity index (χ0) is 43.3. The molecule has 2 aromatic rings. The molecule has 1 aromatic heterocycles. The van der Waals surface area contributed by atoms with E-state index in [4.69, 9.17) is 29.5 Å². The van der Waals surface area contributed by atoms with Gasteiger partial charge in [0.05, 0.1) is 35.0 Å². The predicted molar refractivity (Wildman–Crippen MR) is 220 cm³/mol. The molecule has 59 heavy (non-hydrogen) atoms. The molecule has 0 bridgehead atoms. The van der Waals surface area contributed by atoms with E-state index in [-0.39, 0.29) is 130 Å². The number of benzene rings is 1. The highest BCUT2D eigenvalue weighted by Gasteiger charge is 2.19. The first kappa shape index (κ1) is 50.4. The van der Waals surface area contributed by atoms with E-state index in [9.17, 15) is 28.1 Å². The van der Waals surface area contributed by atoms with Crippen molar-refractivity contribution in [3.8, 4) is 6.07 Å². The lowest BCUT2D eigenvalue weighted by atomic mass is 10.1. The maximum atomic E-state index is 13.1. The largest absolute Gasteiger partial charge is 0.464 e. The van der Waals surface area contributed by atoms with Gasteiger partial charge in [-0.3, -0.25) is 14.4 Å². The summed E-state index contributed by atoms with van der Waals surface area (Å²) < 4.78 is 42.0. The van der Waals surface area contributed by atoms with Crippen molar-refractivity contribution in [2.45, 2.75) is 88.9 Å². The monoisotopic (exact) mass is 847 g/mol. The number of aliphatic hydroxyl groups is 3. The van der Waals surface area contributed by atoms with Crippen LogP contribution in [0, 0.1) is 18.3 Å². The third-order valence-electron chi connectivity index (χ3n) is 8.90. The number of hydrogen-bond acceptors (Lipinski definition) is 18. The number of carbonyl (C=O) groups is 3. The molecule has 0 radical (unpaired) electrons. The van der Waals surface area contributed by atoms with Crippen LogP contribution in [-0.2, 0) is 38.4 Å². The second kappa shape index (κ2) is 29.5. The number of pyridine rings is 1. The number of nitriles is 1. The van der Waals surface area contributed by atoms with E-state index in [2.05, 4.69) is 31.9 Å². The quantitative estimate of drug-likeness (QED) is 0.0294. The summed E-state index contributed by atoms with van der Waals surface area (Å²) in [7, 11) is -1.92. The van der Waals surface area contributed by atoms with Crippen LogP contribution in [0.4, 0.5) is 23.0 Å². The molecule has 328 valence electrons. The second-order valence-electron chi connectivity index (χ2n) is 13.7. The van der Waals surface area contributed by atoms with Crippen molar-refractivity contribution in [3.63, 3.8) is 0 Å². The number of anilines is 2. The van der Waals surface area contributed by atoms with Gasteiger partial charge in [0.2, 0.25) is 0 Å². The minimum Gasteiger partial charge on any atom is -0.464 e. The number of esters is 3. The zero-order valence-electron chi connectivity index (χ0n) is 34.3. The number of unbranched alkanes of at least 4 members (excludes halogenated alkanes) is 6. The maximum Gasteiger partial charge on any atom is 0.305 e. The molecule has 0 fully saturated rings. The number of sulfone groups is 1. The highest BCUT2D eigenvalue weighted by atomic mass is 32.2. The van der Waals surface area contributed by atoms with E-state index in [1.165, 1.54) is 24.3 Å². The summed E-state index contributed by atoms with van der Waals surface area (Å²) in [5.74, 6) is -0.806. The van der Waals surface area contributed by atoms with Gasteiger partial charge in [0.15, 0.2) is 15.7 Å².